The molecule has 3 nitrogen and oxygen atoms in total. The first-order valence-corrected chi connectivity index (χ1v) is 4.99. The summed E-state index contributed by atoms with van der Waals surface area (Å²) in [5, 5.41) is 10.0. The van der Waals surface area contributed by atoms with Crippen molar-refractivity contribution >= 4 is 9.84 Å². The molecule has 0 spiro atoms. The largest absolute Gasteiger partial charge is 0.391 e. The first-order valence-electron chi connectivity index (χ1n) is 3.44. The van der Waals surface area contributed by atoms with E-state index < -0.39 is 9.84 Å². The third kappa shape index (κ3) is 0.795. The Labute approximate surface area is 65.0 Å². The first-order chi connectivity index (χ1) is 5.15. The number of allylic oxidation sites excluding steroid dienone is 2. The van der Waals surface area contributed by atoms with Gasteiger partial charge >= 0.3 is 0 Å². The van der Waals surface area contributed by atoms with Crippen molar-refractivity contribution in [2.75, 3.05) is 6.61 Å². The molecule has 0 saturated heterocycles. The molecule has 1 aliphatic heterocycles. The second-order valence-electron chi connectivity index (χ2n) is 2.75. The zero-order valence-electron chi connectivity index (χ0n) is 5.87. The van der Waals surface area contributed by atoms with Gasteiger partial charge in [0, 0.05) is 5.41 Å². The van der Waals surface area contributed by atoms with Crippen LogP contribution in [0.15, 0.2) is 21.5 Å². The van der Waals surface area contributed by atoms with Gasteiger partial charge < -0.3 is 5.11 Å². The van der Waals surface area contributed by atoms with Gasteiger partial charge in [-0.25, -0.2) is 8.42 Å². The minimum atomic E-state index is -3.21. The lowest BCUT2D eigenvalue weighted by Gasteiger charge is -2.17. The number of aliphatic hydroxyl groups is 1. The van der Waals surface area contributed by atoms with Gasteiger partial charge in [-0.05, 0) is 24.0 Å². The molecule has 0 unspecified atom stereocenters. The van der Waals surface area contributed by atoms with Gasteiger partial charge in [0.05, 0.1) is 11.5 Å². The maximum atomic E-state index is 11.2. The third-order valence-electron chi connectivity index (χ3n) is 2.15. The van der Waals surface area contributed by atoms with Crippen LogP contribution in [0, 0.1) is 0 Å². The first kappa shape index (κ1) is 7.06. The Bertz CT molecular complexity index is 359. The summed E-state index contributed by atoms with van der Waals surface area (Å²) in [6, 6.07) is 0. The quantitative estimate of drug-likeness (QED) is 0.620. The van der Waals surface area contributed by atoms with Crippen molar-refractivity contribution < 1.29 is 13.5 Å². The molecule has 11 heavy (non-hydrogen) atoms. The van der Waals surface area contributed by atoms with Crippen molar-refractivity contribution in [2.24, 2.45) is 0 Å². The van der Waals surface area contributed by atoms with Crippen LogP contribution in [0.5, 0.6) is 0 Å². The summed E-state index contributed by atoms with van der Waals surface area (Å²) in [4.78, 5) is 0.221. The van der Waals surface area contributed by atoms with E-state index in [4.69, 9.17) is 5.11 Å². The molecule has 0 aromatic carbocycles. The van der Waals surface area contributed by atoms with Gasteiger partial charge in [-0.2, -0.15) is 0 Å². The summed E-state index contributed by atoms with van der Waals surface area (Å²) in [6.45, 7) is -0.350. The third-order valence-corrected chi connectivity index (χ3v) is 3.81. The van der Waals surface area contributed by atoms with E-state index in [0.717, 1.165) is 24.0 Å². The number of fused-ring (bicyclic) bond motifs is 1. The normalized spacial score (nSPS) is 26.1. The van der Waals surface area contributed by atoms with Crippen LogP contribution in [0.25, 0.3) is 0 Å². The average molecular weight is 172 g/mol. The van der Waals surface area contributed by atoms with Crippen molar-refractivity contribution in [2.45, 2.75) is 12.8 Å². The monoisotopic (exact) mass is 172 g/mol. The van der Waals surface area contributed by atoms with Crippen LogP contribution in [0.1, 0.15) is 12.8 Å². The molecule has 0 bridgehead atoms. The van der Waals surface area contributed by atoms with Crippen LogP contribution < -0.4 is 0 Å². The zero-order valence-corrected chi connectivity index (χ0v) is 6.69. The molecule has 0 radical (unpaired) electrons. The number of aliphatic hydroxyl groups excluding tert-OH is 1. The molecule has 0 amide bonds. The Balaban J connectivity index is 2.61. The molecule has 0 aromatic rings. The van der Waals surface area contributed by atoms with Crippen molar-refractivity contribution in [1.82, 2.24) is 0 Å². The lowest BCUT2D eigenvalue weighted by molar-refractivity contribution is 0.336. The zero-order chi connectivity index (χ0) is 8.06. The molecule has 1 aliphatic carbocycles. The van der Waals surface area contributed by atoms with Crippen molar-refractivity contribution in [1.29, 1.82) is 0 Å². The Morgan fingerprint density at radius 2 is 2.18 bits per heavy atom. The van der Waals surface area contributed by atoms with E-state index in [-0.39, 0.29) is 11.5 Å². The molecule has 4 heteroatoms. The molecule has 1 fully saturated rings. The summed E-state index contributed by atoms with van der Waals surface area (Å²) >= 11 is 0. The number of hydrogen-bond donors (Lipinski definition) is 1. The minimum absolute atomic E-state index is 0.221. The van der Waals surface area contributed by atoms with E-state index in [9.17, 15) is 8.42 Å². The highest BCUT2D eigenvalue weighted by Gasteiger charge is 2.33. The van der Waals surface area contributed by atoms with Crippen molar-refractivity contribution in [3.8, 4) is 0 Å². The maximum absolute atomic E-state index is 11.2. The summed E-state index contributed by atoms with van der Waals surface area (Å²) in [5.74, 6) is 0. The summed E-state index contributed by atoms with van der Waals surface area (Å²) < 4.78 is 22.3. The predicted molar refractivity (Wildman–Crippen MR) is 40.3 cm³/mol. The molecule has 0 atom stereocenters. The van der Waals surface area contributed by atoms with Crippen LogP contribution in [-0.2, 0) is 9.84 Å². The molecule has 2 aliphatic rings. The van der Waals surface area contributed by atoms with E-state index in [2.05, 4.69) is 0 Å². The number of rotatable bonds is 1. The smallest absolute Gasteiger partial charge is 0.198 e. The van der Waals surface area contributed by atoms with E-state index in [1.54, 1.807) is 0 Å². The summed E-state index contributed by atoms with van der Waals surface area (Å²) in [5.41, 5.74) is 1.75. The molecular weight excluding hydrogens is 164 g/mol. The molecule has 0 aromatic heterocycles. The van der Waals surface area contributed by atoms with E-state index in [1.165, 1.54) is 5.41 Å². The van der Waals surface area contributed by atoms with Crippen LogP contribution in [0.4, 0.5) is 0 Å². The van der Waals surface area contributed by atoms with E-state index >= 15 is 0 Å². The minimum Gasteiger partial charge on any atom is -0.391 e. The van der Waals surface area contributed by atoms with Crippen LogP contribution >= 0.6 is 0 Å². The van der Waals surface area contributed by atoms with Crippen molar-refractivity contribution in [3.05, 3.63) is 21.5 Å². The maximum Gasteiger partial charge on any atom is 0.198 e. The van der Waals surface area contributed by atoms with Crippen molar-refractivity contribution in [3.63, 3.8) is 0 Å². The van der Waals surface area contributed by atoms with Gasteiger partial charge in [0.2, 0.25) is 0 Å². The fourth-order valence-electron chi connectivity index (χ4n) is 1.46. The lowest BCUT2D eigenvalue weighted by atomic mass is 9.87. The highest BCUT2D eigenvalue weighted by atomic mass is 32.2. The number of hydrogen-bond acceptors (Lipinski definition) is 3. The second-order valence-corrected chi connectivity index (χ2v) is 4.57. The Morgan fingerprint density at radius 3 is 2.45 bits per heavy atom. The highest BCUT2D eigenvalue weighted by molar-refractivity contribution is 7.98. The SMILES string of the molecule is O=S1(=O)C=C2CCC2=C1CO. The lowest BCUT2D eigenvalue weighted by Crippen LogP contribution is -2.06. The second kappa shape index (κ2) is 1.95. The van der Waals surface area contributed by atoms with Crippen LogP contribution in [-0.4, -0.2) is 20.1 Å². The van der Waals surface area contributed by atoms with Gasteiger partial charge in [-0.1, -0.05) is 0 Å². The Hall–Kier alpha value is -0.610. The fraction of sp³-hybridized carbons (Fsp3) is 0.429. The molecule has 1 heterocycles. The van der Waals surface area contributed by atoms with E-state index in [0.29, 0.717) is 0 Å². The fourth-order valence-corrected chi connectivity index (χ4v) is 2.99. The van der Waals surface area contributed by atoms with E-state index in [1.807, 2.05) is 0 Å². The standard InChI is InChI=1S/C7H8O3S/c8-3-7-6-2-1-5(6)4-11(7,9)10/h4,8H,1-3H2. The molecular formula is C7H8O3S. The van der Waals surface area contributed by atoms with Gasteiger partial charge in [-0.3, -0.25) is 0 Å². The van der Waals surface area contributed by atoms with Crippen LogP contribution in [0.2, 0.25) is 0 Å². The Morgan fingerprint density at radius 1 is 1.45 bits per heavy atom. The molecule has 1 saturated carbocycles. The molecule has 60 valence electrons. The highest BCUT2D eigenvalue weighted by Crippen LogP contribution is 2.42. The average Bonchev–Trinajstić information content (AvgIpc) is 2.07. The van der Waals surface area contributed by atoms with Gasteiger partial charge in [-0.15, -0.1) is 0 Å². The van der Waals surface area contributed by atoms with Crippen LogP contribution in [0.3, 0.4) is 0 Å². The predicted octanol–water partition coefficient (Wildman–Crippen LogP) is 0.339. The van der Waals surface area contributed by atoms with Gasteiger partial charge in [0.15, 0.2) is 9.84 Å². The topological polar surface area (TPSA) is 54.4 Å². The van der Waals surface area contributed by atoms with Gasteiger partial charge in [0.1, 0.15) is 0 Å². The molecule has 2 rings (SSSR count). The van der Waals surface area contributed by atoms with Gasteiger partial charge in [0.25, 0.3) is 0 Å². The summed E-state index contributed by atoms with van der Waals surface area (Å²) in [7, 11) is -3.21. The number of sulfone groups is 1. The Kier molecular flexibility index (Phi) is 1.25. The molecule has 1 N–H and O–H groups in total. The summed E-state index contributed by atoms with van der Waals surface area (Å²) in [6.07, 6.45) is 1.65.